The molecular weight excluding hydrogens is 264 g/mol. The van der Waals surface area contributed by atoms with Crippen molar-refractivity contribution in [3.63, 3.8) is 0 Å². The van der Waals surface area contributed by atoms with Gasteiger partial charge in [-0.1, -0.05) is 18.2 Å². The van der Waals surface area contributed by atoms with E-state index in [0.29, 0.717) is 12.1 Å². The molecule has 1 aromatic heterocycles. The lowest BCUT2D eigenvalue weighted by Crippen LogP contribution is -2.40. The van der Waals surface area contributed by atoms with Crippen molar-refractivity contribution in [2.24, 2.45) is 17.8 Å². The van der Waals surface area contributed by atoms with Gasteiger partial charge in [-0.15, -0.1) is 11.3 Å². The molecule has 2 bridgehead atoms. The first kappa shape index (κ1) is 14.3. The van der Waals surface area contributed by atoms with Gasteiger partial charge in [0.1, 0.15) is 0 Å². The zero-order chi connectivity index (χ0) is 14.1. The second-order valence-electron chi connectivity index (χ2n) is 6.64. The molecule has 3 rings (SSSR count). The van der Waals surface area contributed by atoms with Crippen LogP contribution in [0.4, 0.5) is 0 Å². The zero-order valence-electron chi connectivity index (χ0n) is 12.8. The summed E-state index contributed by atoms with van der Waals surface area (Å²) in [5, 5.41) is 5.99. The Morgan fingerprint density at radius 1 is 1.35 bits per heavy atom. The van der Waals surface area contributed by atoms with Gasteiger partial charge >= 0.3 is 0 Å². The third-order valence-electron chi connectivity index (χ3n) is 5.10. The molecule has 2 aliphatic carbocycles. The van der Waals surface area contributed by atoms with E-state index in [9.17, 15) is 0 Å². The highest BCUT2D eigenvalue weighted by Crippen LogP contribution is 2.44. The van der Waals surface area contributed by atoms with Crippen molar-refractivity contribution in [2.45, 2.75) is 31.8 Å². The molecule has 110 valence electrons. The number of rotatable bonds is 6. The summed E-state index contributed by atoms with van der Waals surface area (Å²) in [7, 11) is 4.36. The SMILES string of the molecule is CC(NCC(c1cccs1)N(C)C)C1CC2C=CC1C2. The Morgan fingerprint density at radius 3 is 2.75 bits per heavy atom. The van der Waals surface area contributed by atoms with Crippen molar-refractivity contribution in [1.29, 1.82) is 0 Å². The van der Waals surface area contributed by atoms with Crippen molar-refractivity contribution in [2.75, 3.05) is 20.6 Å². The van der Waals surface area contributed by atoms with Gasteiger partial charge in [0.25, 0.3) is 0 Å². The summed E-state index contributed by atoms with van der Waals surface area (Å²) in [5.74, 6) is 2.55. The predicted octanol–water partition coefficient (Wildman–Crippen LogP) is 3.54. The molecule has 1 saturated carbocycles. The van der Waals surface area contributed by atoms with E-state index in [0.717, 1.165) is 24.3 Å². The normalized spacial score (nSPS) is 31.1. The average molecular weight is 290 g/mol. The summed E-state index contributed by atoms with van der Waals surface area (Å²) in [6.07, 6.45) is 7.68. The molecule has 1 heterocycles. The molecule has 0 amide bonds. The Kier molecular flexibility index (Phi) is 4.29. The Balaban J connectivity index is 1.56. The van der Waals surface area contributed by atoms with Crippen molar-refractivity contribution >= 4 is 11.3 Å². The Bertz CT molecular complexity index is 452. The Morgan fingerprint density at radius 2 is 2.20 bits per heavy atom. The first-order chi connectivity index (χ1) is 9.65. The van der Waals surface area contributed by atoms with E-state index >= 15 is 0 Å². The number of fused-ring (bicyclic) bond motifs is 2. The van der Waals surface area contributed by atoms with Gasteiger partial charge in [-0.2, -0.15) is 0 Å². The summed E-state index contributed by atoms with van der Waals surface area (Å²) in [5.41, 5.74) is 0. The molecule has 1 N–H and O–H groups in total. The van der Waals surface area contributed by atoms with E-state index in [4.69, 9.17) is 0 Å². The number of thiophene rings is 1. The lowest BCUT2D eigenvalue weighted by molar-refractivity contribution is 0.258. The number of hydrogen-bond donors (Lipinski definition) is 1. The highest BCUT2D eigenvalue weighted by Gasteiger charge is 2.38. The smallest absolute Gasteiger partial charge is 0.0561 e. The van der Waals surface area contributed by atoms with E-state index in [1.807, 2.05) is 11.3 Å². The topological polar surface area (TPSA) is 15.3 Å². The van der Waals surface area contributed by atoms with E-state index in [1.54, 1.807) is 0 Å². The molecule has 0 spiro atoms. The summed E-state index contributed by atoms with van der Waals surface area (Å²) in [4.78, 5) is 3.79. The average Bonchev–Trinajstić information content (AvgIpc) is 3.15. The summed E-state index contributed by atoms with van der Waals surface area (Å²) in [6.45, 7) is 3.42. The molecule has 1 fully saturated rings. The highest BCUT2D eigenvalue weighted by atomic mass is 32.1. The van der Waals surface area contributed by atoms with Gasteiger partial charge in [-0.25, -0.2) is 0 Å². The third-order valence-corrected chi connectivity index (χ3v) is 6.07. The molecule has 1 aromatic rings. The van der Waals surface area contributed by atoms with Gasteiger partial charge in [-0.3, -0.25) is 0 Å². The van der Waals surface area contributed by atoms with Crippen LogP contribution < -0.4 is 5.32 Å². The number of allylic oxidation sites excluding steroid dienone is 2. The van der Waals surface area contributed by atoms with E-state index in [1.165, 1.54) is 17.7 Å². The van der Waals surface area contributed by atoms with Crippen LogP contribution in [0.2, 0.25) is 0 Å². The van der Waals surface area contributed by atoms with Gasteiger partial charge in [0.05, 0.1) is 6.04 Å². The van der Waals surface area contributed by atoms with Gasteiger partial charge in [0.15, 0.2) is 0 Å². The minimum Gasteiger partial charge on any atom is -0.312 e. The van der Waals surface area contributed by atoms with Gasteiger partial charge in [0.2, 0.25) is 0 Å². The monoisotopic (exact) mass is 290 g/mol. The zero-order valence-corrected chi connectivity index (χ0v) is 13.6. The second-order valence-corrected chi connectivity index (χ2v) is 7.62. The van der Waals surface area contributed by atoms with Gasteiger partial charge in [0, 0.05) is 17.5 Å². The number of nitrogens with one attached hydrogen (secondary N) is 1. The fraction of sp³-hybridized carbons (Fsp3) is 0.647. The first-order valence-corrected chi connectivity index (χ1v) is 8.64. The Labute approximate surface area is 126 Å². The van der Waals surface area contributed by atoms with Crippen molar-refractivity contribution in [1.82, 2.24) is 10.2 Å². The molecule has 20 heavy (non-hydrogen) atoms. The van der Waals surface area contributed by atoms with Crippen LogP contribution in [-0.2, 0) is 0 Å². The van der Waals surface area contributed by atoms with Crippen LogP contribution in [0.1, 0.15) is 30.7 Å². The molecule has 0 saturated heterocycles. The molecule has 2 nitrogen and oxygen atoms in total. The fourth-order valence-corrected chi connectivity index (χ4v) is 4.79. The van der Waals surface area contributed by atoms with Gasteiger partial charge in [-0.05, 0) is 63.1 Å². The molecule has 3 heteroatoms. The number of likely N-dealkylation sites (N-methyl/N-ethyl adjacent to an activating group) is 1. The van der Waals surface area contributed by atoms with E-state index in [-0.39, 0.29) is 0 Å². The van der Waals surface area contributed by atoms with Crippen LogP contribution in [0, 0.1) is 17.8 Å². The van der Waals surface area contributed by atoms with E-state index < -0.39 is 0 Å². The summed E-state index contributed by atoms with van der Waals surface area (Å²) in [6, 6.07) is 5.52. The number of nitrogens with zero attached hydrogens (tertiary/aromatic N) is 1. The van der Waals surface area contributed by atoms with Crippen LogP contribution in [0.25, 0.3) is 0 Å². The maximum Gasteiger partial charge on any atom is 0.0561 e. The molecular formula is C17H26N2S. The number of hydrogen-bond acceptors (Lipinski definition) is 3. The molecule has 5 unspecified atom stereocenters. The first-order valence-electron chi connectivity index (χ1n) is 7.76. The fourth-order valence-electron chi connectivity index (χ4n) is 3.87. The second kappa shape index (κ2) is 6.00. The minimum atomic E-state index is 0.492. The lowest BCUT2D eigenvalue weighted by Gasteiger charge is -2.30. The lowest BCUT2D eigenvalue weighted by atomic mass is 9.87. The van der Waals surface area contributed by atoms with Crippen LogP contribution in [0.15, 0.2) is 29.7 Å². The highest BCUT2D eigenvalue weighted by molar-refractivity contribution is 7.10. The van der Waals surface area contributed by atoms with Crippen molar-refractivity contribution < 1.29 is 0 Å². The largest absolute Gasteiger partial charge is 0.312 e. The minimum absolute atomic E-state index is 0.492. The quantitative estimate of drug-likeness (QED) is 0.806. The molecule has 2 aliphatic rings. The van der Waals surface area contributed by atoms with Crippen LogP contribution >= 0.6 is 11.3 Å². The molecule has 0 radical (unpaired) electrons. The molecule has 0 aliphatic heterocycles. The van der Waals surface area contributed by atoms with Gasteiger partial charge < -0.3 is 10.2 Å². The standard InChI is InChI=1S/C17H26N2S/c1-12(15-10-13-6-7-14(15)9-13)18-11-16(19(2)3)17-5-4-8-20-17/h4-8,12-16,18H,9-11H2,1-3H3. The van der Waals surface area contributed by atoms with Crippen LogP contribution in [0.5, 0.6) is 0 Å². The van der Waals surface area contributed by atoms with Crippen LogP contribution in [0.3, 0.4) is 0 Å². The maximum absolute atomic E-state index is 3.81. The molecule has 0 aromatic carbocycles. The van der Waals surface area contributed by atoms with Crippen LogP contribution in [-0.4, -0.2) is 31.6 Å². The maximum atomic E-state index is 3.81. The van der Waals surface area contributed by atoms with Crippen molar-refractivity contribution in [3.8, 4) is 0 Å². The van der Waals surface area contributed by atoms with E-state index in [2.05, 4.69) is 60.9 Å². The predicted molar refractivity (Wildman–Crippen MR) is 87.1 cm³/mol. The summed E-state index contributed by atoms with van der Waals surface area (Å²) >= 11 is 1.86. The third kappa shape index (κ3) is 2.85. The Hall–Kier alpha value is -0.640. The van der Waals surface area contributed by atoms with Crippen molar-refractivity contribution in [3.05, 3.63) is 34.5 Å². The molecule has 5 atom stereocenters. The summed E-state index contributed by atoms with van der Waals surface area (Å²) < 4.78 is 0.